The van der Waals surface area contributed by atoms with Gasteiger partial charge in [0.15, 0.2) is 0 Å². The zero-order chi connectivity index (χ0) is 12.1. The number of hydrogen-bond donors (Lipinski definition) is 1. The van der Waals surface area contributed by atoms with Crippen LogP contribution >= 0.6 is 0 Å². The minimum atomic E-state index is -0.165. The molecule has 2 rings (SSSR count). The van der Waals surface area contributed by atoms with E-state index in [1.807, 2.05) is 12.1 Å². The van der Waals surface area contributed by atoms with Gasteiger partial charge in [0.2, 0.25) is 0 Å². The first-order valence-electron chi connectivity index (χ1n) is 6.41. The molecule has 1 unspecified atom stereocenters. The van der Waals surface area contributed by atoms with Crippen LogP contribution in [0.25, 0.3) is 0 Å². The maximum Gasteiger partial charge on any atom is 0.123 e. The fourth-order valence-electron chi connectivity index (χ4n) is 2.45. The summed E-state index contributed by atoms with van der Waals surface area (Å²) in [6, 6.07) is 7.45. The molecule has 0 spiro atoms. The Kier molecular flexibility index (Phi) is 4.51. The van der Waals surface area contributed by atoms with E-state index in [1.54, 1.807) is 0 Å². The third-order valence-electron chi connectivity index (χ3n) is 3.57. The Bertz CT molecular complexity index is 337. The lowest BCUT2D eigenvalue weighted by molar-refractivity contribution is 0.293. The fourth-order valence-corrected chi connectivity index (χ4v) is 2.45. The van der Waals surface area contributed by atoms with Crippen LogP contribution in [-0.4, -0.2) is 31.1 Å². The first kappa shape index (κ1) is 12.5. The highest BCUT2D eigenvalue weighted by molar-refractivity contribution is 5.15. The molecule has 1 N–H and O–H groups in total. The summed E-state index contributed by atoms with van der Waals surface area (Å²) in [6.45, 7) is 3.10. The second-order valence-electron chi connectivity index (χ2n) is 4.87. The molecule has 0 aliphatic carbocycles. The molecule has 1 aliphatic heterocycles. The molecular formula is C14H21FN2. The van der Waals surface area contributed by atoms with Gasteiger partial charge in [-0.1, -0.05) is 12.1 Å². The van der Waals surface area contributed by atoms with Gasteiger partial charge in [-0.3, -0.25) is 0 Å². The number of nitrogens with one attached hydrogen (secondary N) is 1. The Morgan fingerprint density at radius 2 is 2.12 bits per heavy atom. The summed E-state index contributed by atoms with van der Waals surface area (Å²) < 4.78 is 12.7. The molecule has 1 fully saturated rings. The lowest BCUT2D eigenvalue weighted by atomic mass is 10.1. The Morgan fingerprint density at radius 3 is 2.76 bits per heavy atom. The average molecular weight is 236 g/mol. The van der Waals surface area contributed by atoms with Crippen molar-refractivity contribution < 1.29 is 4.39 Å². The summed E-state index contributed by atoms with van der Waals surface area (Å²) in [7, 11) is 2.21. The largest absolute Gasteiger partial charge is 0.313 e. The van der Waals surface area contributed by atoms with E-state index in [9.17, 15) is 4.39 Å². The van der Waals surface area contributed by atoms with Crippen molar-refractivity contribution in [3.8, 4) is 0 Å². The smallest absolute Gasteiger partial charge is 0.123 e. The molecule has 3 heteroatoms. The van der Waals surface area contributed by atoms with Gasteiger partial charge in [0, 0.05) is 12.6 Å². The van der Waals surface area contributed by atoms with Crippen LogP contribution in [0.1, 0.15) is 24.8 Å². The maximum absolute atomic E-state index is 12.7. The molecule has 1 aliphatic rings. The fraction of sp³-hybridized carbons (Fsp3) is 0.571. The lowest BCUT2D eigenvalue weighted by Gasteiger charge is -2.19. The number of hydrogen-bond acceptors (Lipinski definition) is 2. The normalized spacial score (nSPS) is 20.9. The van der Waals surface area contributed by atoms with E-state index in [-0.39, 0.29) is 5.82 Å². The topological polar surface area (TPSA) is 15.3 Å². The summed E-state index contributed by atoms with van der Waals surface area (Å²) in [4.78, 5) is 2.44. The van der Waals surface area contributed by atoms with Crippen LogP contribution in [0, 0.1) is 5.82 Å². The summed E-state index contributed by atoms with van der Waals surface area (Å²) >= 11 is 0. The molecule has 1 saturated heterocycles. The average Bonchev–Trinajstić information content (AvgIpc) is 2.73. The van der Waals surface area contributed by atoms with Crippen molar-refractivity contribution in [3.63, 3.8) is 0 Å². The molecule has 1 aromatic rings. The van der Waals surface area contributed by atoms with E-state index in [1.165, 1.54) is 37.9 Å². The second kappa shape index (κ2) is 6.12. The van der Waals surface area contributed by atoms with Crippen molar-refractivity contribution in [1.82, 2.24) is 10.2 Å². The van der Waals surface area contributed by atoms with Crippen LogP contribution in [0.15, 0.2) is 24.3 Å². The molecule has 0 bridgehead atoms. The highest BCUT2D eigenvalue weighted by Crippen LogP contribution is 2.17. The van der Waals surface area contributed by atoms with E-state index in [2.05, 4.69) is 17.3 Å². The quantitative estimate of drug-likeness (QED) is 0.790. The minimum Gasteiger partial charge on any atom is -0.313 e. The first-order chi connectivity index (χ1) is 8.25. The van der Waals surface area contributed by atoms with Crippen molar-refractivity contribution in [2.24, 2.45) is 0 Å². The Morgan fingerprint density at radius 1 is 1.35 bits per heavy atom. The number of halogens is 1. The van der Waals surface area contributed by atoms with E-state index < -0.39 is 0 Å². The summed E-state index contributed by atoms with van der Waals surface area (Å²) in [5.41, 5.74) is 1.14. The van der Waals surface area contributed by atoms with Crippen LogP contribution in [0.2, 0.25) is 0 Å². The molecule has 1 heterocycles. The minimum absolute atomic E-state index is 0.165. The van der Waals surface area contributed by atoms with Crippen molar-refractivity contribution in [2.75, 3.05) is 20.1 Å². The summed E-state index contributed by atoms with van der Waals surface area (Å²) in [6.07, 6.45) is 3.87. The van der Waals surface area contributed by atoms with Gasteiger partial charge in [-0.25, -0.2) is 4.39 Å². The Balaban J connectivity index is 1.64. The third-order valence-corrected chi connectivity index (χ3v) is 3.57. The predicted octanol–water partition coefficient (Wildman–Crippen LogP) is 2.40. The molecule has 1 aromatic carbocycles. The summed E-state index contributed by atoms with van der Waals surface area (Å²) in [5.74, 6) is -0.165. The molecule has 1 atom stereocenters. The van der Waals surface area contributed by atoms with Gasteiger partial charge in [0.1, 0.15) is 5.82 Å². The molecule has 0 amide bonds. The number of rotatable bonds is 5. The predicted molar refractivity (Wildman–Crippen MR) is 68.4 cm³/mol. The second-order valence-corrected chi connectivity index (χ2v) is 4.87. The molecule has 17 heavy (non-hydrogen) atoms. The highest BCUT2D eigenvalue weighted by atomic mass is 19.1. The molecule has 0 radical (unpaired) electrons. The molecule has 94 valence electrons. The van der Waals surface area contributed by atoms with E-state index in [4.69, 9.17) is 0 Å². The number of likely N-dealkylation sites (tertiary alicyclic amines) is 1. The lowest BCUT2D eigenvalue weighted by Crippen LogP contribution is -2.28. The first-order valence-corrected chi connectivity index (χ1v) is 6.41. The van der Waals surface area contributed by atoms with Crippen LogP contribution in [0.4, 0.5) is 4.39 Å². The zero-order valence-corrected chi connectivity index (χ0v) is 10.5. The van der Waals surface area contributed by atoms with Crippen molar-refractivity contribution in [2.45, 2.75) is 31.8 Å². The molecular weight excluding hydrogens is 215 g/mol. The molecule has 0 aromatic heterocycles. The van der Waals surface area contributed by atoms with Gasteiger partial charge in [0.05, 0.1) is 0 Å². The van der Waals surface area contributed by atoms with Crippen molar-refractivity contribution in [3.05, 3.63) is 35.6 Å². The van der Waals surface area contributed by atoms with Gasteiger partial charge in [-0.05, 0) is 57.1 Å². The van der Waals surface area contributed by atoms with Gasteiger partial charge in [0.25, 0.3) is 0 Å². The Hall–Kier alpha value is -0.930. The van der Waals surface area contributed by atoms with Gasteiger partial charge in [-0.15, -0.1) is 0 Å². The number of benzene rings is 1. The van der Waals surface area contributed by atoms with Crippen LogP contribution in [0.3, 0.4) is 0 Å². The van der Waals surface area contributed by atoms with Crippen molar-refractivity contribution in [1.29, 1.82) is 0 Å². The maximum atomic E-state index is 12.7. The van der Waals surface area contributed by atoms with E-state index >= 15 is 0 Å². The van der Waals surface area contributed by atoms with Crippen LogP contribution in [0.5, 0.6) is 0 Å². The SMILES string of the molecule is CN1CCCC1CCNCc1ccc(F)cc1. The summed E-state index contributed by atoms with van der Waals surface area (Å²) in [5, 5.41) is 3.42. The standard InChI is InChI=1S/C14H21FN2/c1-17-10-2-3-14(17)8-9-16-11-12-4-6-13(15)7-5-12/h4-7,14,16H,2-3,8-11H2,1H3. The van der Waals surface area contributed by atoms with Crippen LogP contribution < -0.4 is 5.32 Å². The van der Waals surface area contributed by atoms with E-state index in [0.29, 0.717) is 0 Å². The zero-order valence-electron chi connectivity index (χ0n) is 10.5. The van der Waals surface area contributed by atoms with Crippen molar-refractivity contribution >= 4 is 0 Å². The molecule has 2 nitrogen and oxygen atoms in total. The number of nitrogens with zero attached hydrogens (tertiary/aromatic N) is 1. The monoisotopic (exact) mass is 236 g/mol. The van der Waals surface area contributed by atoms with Gasteiger partial charge >= 0.3 is 0 Å². The Labute approximate surface area is 103 Å². The molecule has 0 saturated carbocycles. The van der Waals surface area contributed by atoms with E-state index in [0.717, 1.165) is 24.7 Å². The van der Waals surface area contributed by atoms with Gasteiger partial charge in [-0.2, -0.15) is 0 Å². The van der Waals surface area contributed by atoms with Crippen LogP contribution in [-0.2, 0) is 6.54 Å². The highest BCUT2D eigenvalue weighted by Gasteiger charge is 2.19. The third kappa shape index (κ3) is 3.79. The van der Waals surface area contributed by atoms with Gasteiger partial charge < -0.3 is 10.2 Å².